The SMILES string of the molecule is CC(C)CC(=O)Nc1ccc(C(=O)NNC(=S)NC(=O)Cc2ccc(Cl)cc2)cc1. The number of halogens is 1. The second-order valence-electron chi connectivity index (χ2n) is 6.98. The number of hydrogen-bond donors (Lipinski definition) is 4. The van der Waals surface area contributed by atoms with Gasteiger partial charge in [0.2, 0.25) is 11.8 Å². The molecular formula is C21H23ClN4O3S. The molecule has 0 saturated carbocycles. The maximum atomic E-state index is 12.2. The number of carbonyl (C=O) groups excluding carboxylic acids is 3. The quantitative estimate of drug-likeness (QED) is 0.403. The van der Waals surface area contributed by atoms with E-state index in [0.29, 0.717) is 22.7 Å². The van der Waals surface area contributed by atoms with Crippen LogP contribution >= 0.6 is 23.8 Å². The summed E-state index contributed by atoms with van der Waals surface area (Å²) in [5.41, 5.74) is 6.65. The van der Waals surface area contributed by atoms with Gasteiger partial charge in [0, 0.05) is 22.7 Å². The highest BCUT2D eigenvalue weighted by Gasteiger charge is 2.10. The smallest absolute Gasteiger partial charge is 0.269 e. The largest absolute Gasteiger partial charge is 0.326 e. The van der Waals surface area contributed by atoms with Crippen molar-refractivity contribution in [2.75, 3.05) is 5.32 Å². The third kappa shape index (κ3) is 8.18. The fraction of sp³-hybridized carbons (Fsp3) is 0.238. The molecule has 3 amide bonds. The van der Waals surface area contributed by atoms with Crippen molar-refractivity contribution >= 4 is 52.3 Å². The molecule has 0 aromatic heterocycles. The fourth-order valence-corrected chi connectivity index (χ4v) is 2.75. The van der Waals surface area contributed by atoms with Crippen LogP contribution in [0.25, 0.3) is 0 Å². The lowest BCUT2D eigenvalue weighted by molar-refractivity contribution is -0.119. The van der Waals surface area contributed by atoms with Crippen molar-refractivity contribution in [3.05, 3.63) is 64.7 Å². The van der Waals surface area contributed by atoms with Gasteiger partial charge in [-0.25, -0.2) is 0 Å². The van der Waals surface area contributed by atoms with Gasteiger partial charge in [0.1, 0.15) is 0 Å². The van der Waals surface area contributed by atoms with Gasteiger partial charge in [-0.1, -0.05) is 37.6 Å². The van der Waals surface area contributed by atoms with Gasteiger partial charge in [-0.05, 0) is 60.1 Å². The molecule has 0 heterocycles. The van der Waals surface area contributed by atoms with Crippen molar-refractivity contribution in [3.8, 4) is 0 Å². The molecule has 30 heavy (non-hydrogen) atoms. The van der Waals surface area contributed by atoms with E-state index in [1.807, 2.05) is 13.8 Å². The summed E-state index contributed by atoms with van der Waals surface area (Å²) in [5, 5.41) is 5.81. The van der Waals surface area contributed by atoms with Crippen molar-refractivity contribution in [1.29, 1.82) is 0 Å². The Kier molecular flexibility index (Phi) is 8.76. The molecule has 0 bridgehead atoms. The van der Waals surface area contributed by atoms with E-state index in [1.165, 1.54) is 0 Å². The van der Waals surface area contributed by atoms with Crippen LogP contribution in [0.2, 0.25) is 5.02 Å². The zero-order valence-corrected chi connectivity index (χ0v) is 18.2. The highest BCUT2D eigenvalue weighted by molar-refractivity contribution is 7.80. The predicted molar refractivity (Wildman–Crippen MR) is 121 cm³/mol. The van der Waals surface area contributed by atoms with E-state index in [-0.39, 0.29) is 29.3 Å². The van der Waals surface area contributed by atoms with Crippen LogP contribution < -0.4 is 21.5 Å². The lowest BCUT2D eigenvalue weighted by atomic mass is 10.1. The maximum absolute atomic E-state index is 12.2. The Hall–Kier alpha value is -2.97. The first-order valence-electron chi connectivity index (χ1n) is 9.27. The number of amides is 3. The predicted octanol–water partition coefficient (Wildman–Crippen LogP) is 3.20. The van der Waals surface area contributed by atoms with Gasteiger partial charge in [-0.2, -0.15) is 0 Å². The van der Waals surface area contributed by atoms with Crippen LogP contribution in [0.3, 0.4) is 0 Å². The van der Waals surface area contributed by atoms with E-state index in [9.17, 15) is 14.4 Å². The number of carbonyl (C=O) groups is 3. The molecule has 2 aromatic carbocycles. The zero-order valence-electron chi connectivity index (χ0n) is 16.6. The summed E-state index contributed by atoms with van der Waals surface area (Å²) in [4.78, 5) is 36.0. The highest BCUT2D eigenvalue weighted by atomic mass is 35.5. The molecule has 2 aromatic rings. The van der Waals surface area contributed by atoms with Gasteiger partial charge in [-0.3, -0.25) is 25.2 Å². The Labute approximate surface area is 185 Å². The van der Waals surface area contributed by atoms with E-state index in [4.69, 9.17) is 23.8 Å². The molecule has 0 unspecified atom stereocenters. The van der Waals surface area contributed by atoms with Gasteiger partial charge >= 0.3 is 0 Å². The first-order chi connectivity index (χ1) is 14.2. The number of nitrogens with one attached hydrogen (secondary N) is 4. The van der Waals surface area contributed by atoms with Crippen molar-refractivity contribution < 1.29 is 14.4 Å². The molecule has 0 aliphatic carbocycles. The lowest BCUT2D eigenvalue weighted by Crippen LogP contribution is -2.48. The minimum atomic E-state index is -0.440. The van der Waals surface area contributed by atoms with E-state index in [1.54, 1.807) is 48.5 Å². The average molecular weight is 447 g/mol. The highest BCUT2D eigenvalue weighted by Crippen LogP contribution is 2.11. The third-order valence-corrected chi connectivity index (χ3v) is 4.30. The van der Waals surface area contributed by atoms with E-state index >= 15 is 0 Å². The van der Waals surface area contributed by atoms with E-state index in [2.05, 4.69) is 21.5 Å². The zero-order chi connectivity index (χ0) is 22.1. The topological polar surface area (TPSA) is 99.3 Å². The molecule has 158 valence electrons. The summed E-state index contributed by atoms with van der Waals surface area (Å²) in [7, 11) is 0. The Bertz CT molecular complexity index is 915. The Morgan fingerprint density at radius 2 is 1.57 bits per heavy atom. The lowest BCUT2D eigenvalue weighted by Gasteiger charge is -2.11. The summed E-state index contributed by atoms with van der Waals surface area (Å²) >= 11 is 10.8. The molecule has 0 spiro atoms. The van der Waals surface area contributed by atoms with Crippen LogP contribution in [0.1, 0.15) is 36.2 Å². The first kappa shape index (κ1) is 23.3. The van der Waals surface area contributed by atoms with Crippen molar-refractivity contribution in [3.63, 3.8) is 0 Å². The van der Waals surface area contributed by atoms with Gasteiger partial charge in [0.25, 0.3) is 5.91 Å². The Morgan fingerprint density at radius 3 is 2.17 bits per heavy atom. The van der Waals surface area contributed by atoms with Crippen LogP contribution in [-0.4, -0.2) is 22.8 Å². The van der Waals surface area contributed by atoms with Crippen LogP contribution in [0.5, 0.6) is 0 Å². The number of hydrogen-bond acceptors (Lipinski definition) is 4. The minimum Gasteiger partial charge on any atom is -0.326 e. The van der Waals surface area contributed by atoms with Crippen LogP contribution in [0, 0.1) is 5.92 Å². The van der Waals surface area contributed by atoms with Crippen molar-refractivity contribution in [2.45, 2.75) is 26.7 Å². The molecule has 2 rings (SSSR count). The average Bonchev–Trinajstić information content (AvgIpc) is 2.67. The van der Waals surface area contributed by atoms with Crippen molar-refractivity contribution in [2.24, 2.45) is 5.92 Å². The molecular weight excluding hydrogens is 424 g/mol. The fourth-order valence-electron chi connectivity index (χ4n) is 2.46. The summed E-state index contributed by atoms with van der Waals surface area (Å²) in [6.07, 6.45) is 0.546. The van der Waals surface area contributed by atoms with E-state index in [0.717, 1.165) is 5.56 Å². The second kappa shape index (κ2) is 11.3. The monoisotopic (exact) mass is 446 g/mol. The molecule has 0 radical (unpaired) electrons. The summed E-state index contributed by atoms with van der Waals surface area (Å²) in [6.45, 7) is 3.93. The number of anilines is 1. The third-order valence-electron chi connectivity index (χ3n) is 3.84. The first-order valence-corrected chi connectivity index (χ1v) is 10.1. The Morgan fingerprint density at radius 1 is 0.933 bits per heavy atom. The van der Waals surface area contributed by atoms with Crippen molar-refractivity contribution in [1.82, 2.24) is 16.2 Å². The second-order valence-corrected chi connectivity index (χ2v) is 7.83. The van der Waals surface area contributed by atoms with Gasteiger partial charge in [0.05, 0.1) is 6.42 Å². The molecule has 9 heteroatoms. The van der Waals surface area contributed by atoms with Crippen LogP contribution in [0.15, 0.2) is 48.5 Å². The molecule has 7 nitrogen and oxygen atoms in total. The van der Waals surface area contributed by atoms with Gasteiger partial charge in [0.15, 0.2) is 5.11 Å². The maximum Gasteiger partial charge on any atom is 0.269 e. The summed E-state index contributed by atoms with van der Waals surface area (Å²) in [5.74, 6) is -0.588. The summed E-state index contributed by atoms with van der Waals surface area (Å²) in [6, 6.07) is 13.3. The molecule has 0 saturated heterocycles. The normalized spacial score (nSPS) is 10.3. The molecule has 0 aliphatic rings. The molecule has 0 aliphatic heterocycles. The minimum absolute atomic E-state index is 0.0279. The van der Waals surface area contributed by atoms with E-state index < -0.39 is 5.91 Å². The van der Waals surface area contributed by atoms with Gasteiger partial charge in [-0.15, -0.1) is 0 Å². The standard InChI is InChI=1S/C21H23ClN4O3S/c1-13(2)11-18(27)23-17-9-5-15(6-10-17)20(29)25-26-21(30)24-19(28)12-14-3-7-16(22)8-4-14/h3-10,13H,11-12H2,1-2H3,(H,23,27)(H,25,29)(H2,24,26,28,30). The summed E-state index contributed by atoms with van der Waals surface area (Å²) < 4.78 is 0. The number of benzene rings is 2. The Balaban J connectivity index is 1.77. The van der Waals surface area contributed by atoms with Gasteiger partial charge < -0.3 is 10.6 Å². The number of hydrazine groups is 1. The number of thiocarbonyl (C=S) groups is 1. The van der Waals surface area contributed by atoms with Crippen LogP contribution in [-0.2, 0) is 16.0 Å². The van der Waals surface area contributed by atoms with Crippen LogP contribution in [0.4, 0.5) is 5.69 Å². The molecule has 0 fully saturated rings. The molecule has 4 N–H and O–H groups in total. The number of rotatable bonds is 6. The molecule has 0 atom stereocenters.